The predicted molar refractivity (Wildman–Crippen MR) is 121 cm³/mol. The summed E-state index contributed by atoms with van der Waals surface area (Å²) < 4.78 is 20.0. The second-order valence-electron chi connectivity index (χ2n) is 9.29. The largest absolute Gasteiger partial charge is 0.481 e. The third kappa shape index (κ3) is 4.24. The monoisotopic (exact) mass is 466 g/mol. The fourth-order valence-corrected chi connectivity index (χ4v) is 5.24. The van der Waals surface area contributed by atoms with Gasteiger partial charge in [-0.1, -0.05) is 36.4 Å². The minimum absolute atomic E-state index is 0.00313. The zero-order valence-electron chi connectivity index (χ0n) is 18.7. The highest BCUT2D eigenvalue weighted by Crippen LogP contribution is 2.54. The fraction of sp³-hybridized carbons (Fsp3) is 0.423. The van der Waals surface area contributed by atoms with Gasteiger partial charge >= 0.3 is 12.1 Å². The summed E-state index contributed by atoms with van der Waals surface area (Å²) >= 11 is 0. The zero-order chi connectivity index (χ0) is 23.8. The molecule has 2 aliphatic carbocycles. The average Bonchev–Trinajstić information content (AvgIpc) is 3.63. The summed E-state index contributed by atoms with van der Waals surface area (Å²) in [4.78, 5) is 40.8. The van der Waals surface area contributed by atoms with Gasteiger partial charge in [-0.05, 0) is 48.9 Å². The lowest BCUT2D eigenvalue weighted by Gasteiger charge is -2.54. The van der Waals surface area contributed by atoms with Gasteiger partial charge in [-0.15, -0.1) is 0 Å². The molecule has 3 atom stereocenters. The minimum Gasteiger partial charge on any atom is -0.481 e. The number of halogens is 1. The van der Waals surface area contributed by atoms with Crippen LogP contribution in [0.5, 0.6) is 0 Å². The van der Waals surface area contributed by atoms with E-state index in [0.29, 0.717) is 5.69 Å². The zero-order valence-corrected chi connectivity index (χ0v) is 18.7. The Bertz CT molecular complexity index is 1100. The SMILES string of the molecule is O=C(O)CCC(=O)N(C1CC1)[C@H]1c2ccc(F)cc2N(C(=O)OCc2ccccc2)[C@@H]2CC[C@@H]21. The summed E-state index contributed by atoms with van der Waals surface area (Å²) in [5.41, 5.74) is 2.01. The fourth-order valence-electron chi connectivity index (χ4n) is 5.24. The Labute approximate surface area is 197 Å². The van der Waals surface area contributed by atoms with Crippen LogP contribution in [-0.2, 0) is 20.9 Å². The molecule has 8 heteroatoms. The molecule has 0 radical (unpaired) electrons. The quantitative estimate of drug-likeness (QED) is 0.642. The molecule has 1 heterocycles. The van der Waals surface area contributed by atoms with Crippen LogP contribution in [0.15, 0.2) is 48.5 Å². The minimum atomic E-state index is -1.01. The predicted octanol–water partition coefficient (Wildman–Crippen LogP) is 4.66. The molecule has 1 aliphatic heterocycles. The number of ether oxygens (including phenoxy) is 1. The summed E-state index contributed by atoms with van der Waals surface area (Å²) in [6.45, 7) is 0.115. The number of hydrogen-bond acceptors (Lipinski definition) is 4. The molecule has 1 N–H and O–H groups in total. The highest BCUT2D eigenvalue weighted by Gasteiger charge is 2.53. The molecule has 0 bridgehead atoms. The number of carboxylic acid groups (broad SMARTS) is 1. The van der Waals surface area contributed by atoms with Crippen LogP contribution >= 0.6 is 0 Å². The summed E-state index contributed by atoms with van der Waals surface area (Å²) in [7, 11) is 0. The van der Waals surface area contributed by atoms with Gasteiger partial charge in [-0.25, -0.2) is 9.18 Å². The van der Waals surface area contributed by atoms with Gasteiger partial charge in [0.15, 0.2) is 0 Å². The van der Waals surface area contributed by atoms with Crippen molar-refractivity contribution in [1.82, 2.24) is 4.90 Å². The molecule has 2 amide bonds. The smallest absolute Gasteiger partial charge is 0.414 e. The van der Waals surface area contributed by atoms with Crippen molar-refractivity contribution in [2.45, 2.75) is 63.3 Å². The van der Waals surface area contributed by atoms with E-state index in [-0.39, 0.29) is 49.4 Å². The number of anilines is 1. The molecular weight excluding hydrogens is 439 g/mol. The molecule has 2 saturated carbocycles. The summed E-state index contributed by atoms with van der Waals surface area (Å²) in [5.74, 6) is -1.68. The molecule has 178 valence electrons. The Morgan fingerprint density at radius 1 is 1.03 bits per heavy atom. The number of carbonyl (C=O) groups excluding carboxylic acids is 2. The summed E-state index contributed by atoms with van der Waals surface area (Å²) in [6, 6.07) is 13.3. The highest BCUT2D eigenvalue weighted by molar-refractivity contribution is 5.91. The Hall–Kier alpha value is -3.42. The van der Waals surface area contributed by atoms with Gasteiger partial charge in [0.25, 0.3) is 0 Å². The van der Waals surface area contributed by atoms with E-state index in [4.69, 9.17) is 9.84 Å². The topological polar surface area (TPSA) is 87.2 Å². The third-order valence-electron chi connectivity index (χ3n) is 7.08. The van der Waals surface area contributed by atoms with Gasteiger partial charge in [-0.3, -0.25) is 14.5 Å². The first-order valence-electron chi connectivity index (χ1n) is 11.8. The second kappa shape index (κ2) is 9.08. The van der Waals surface area contributed by atoms with E-state index in [9.17, 15) is 18.8 Å². The van der Waals surface area contributed by atoms with Crippen LogP contribution in [0.3, 0.4) is 0 Å². The molecule has 5 rings (SSSR count). The maximum Gasteiger partial charge on any atom is 0.414 e. The van der Waals surface area contributed by atoms with Gasteiger partial charge in [0.05, 0.1) is 18.2 Å². The molecule has 34 heavy (non-hydrogen) atoms. The van der Waals surface area contributed by atoms with Crippen LogP contribution < -0.4 is 4.90 Å². The van der Waals surface area contributed by atoms with Crippen LogP contribution in [-0.4, -0.2) is 40.1 Å². The first kappa shape index (κ1) is 22.4. The second-order valence-corrected chi connectivity index (χ2v) is 9.29. The number of fused-ring (bicyclic) bond motifs is 2. The van der Waals surface area contributed by atoms with Crippen LogP contribution in [0.1, 0.15) is 55.7 Å². The molecule has 0 unspecified atom stereocenters. The van der Waals surface area contributed by atoms with Gasteiger partial charge in [0, 0.05) is 24.4 Å². The Morgan fingerprint density at radius 2 is 1.79 bits per heavy atom. The Balaban J connectivity index is 1.45. The van der Waals surface area contributed by atoms with Crippen molar-refractivity contribution in [3.8, 4) is 0 Å². The molecule has 0 spiro atoms. The maximum absolute atomic E-state index is 14.4. The van der Waals surface area contributed by atoms with Crippen molar-refractivity contribution < 1.29 is 28.6 Å². The summed E-state index contributed by atoms with van der Waals surface area (Å²) in [6.07, 6.45) is 2.47. The number of aliphatic carboxylic acids is 1. The third-order valence-corrected chi connectivity index (χ3v) is 7.08. The van der Waals surface area contributed by atoms with E-state index >= 15 is 0 Å². The van der Waals surface area contributed by atoms with Crippen LogP contribution in [0.4, 0.5) is 14.9 Å². The first-order chi connectivity index (χ1) is 16.4. The molecule has 7 nitrogen and oxygen atoms in total. The van der Waals surface area contributed by atoms with Crippen molar-refractivity contribution in [2.75, 3.05) is 4.90 Å². The first-order valence-corrected chi connectivity index (χ1v) is 11.8. The van der Waals surface area contributed by atoms with Crippen molar-refractivity contribution in [1.29, 1.82) is 0 Å². The average molecular weight is 467 g/mol. The van der Waals surface area contributed by atoms with E-state index in [1.165, 1.54) is 12.1 Å². The van der Waals surface area contributed by atoms with Crippen LogP contribution in [0, 0.1) is 11.7 Å². The lowest BCUT2D eigenvalue weighted by Crippen LogP contribution is -2.59. The van der Waals surface area contributed by atoms with Gasteiger partial charge in [0.1, 0.15) is 12.4 Å². The lowest BCUT2D eigenvalue weighted by molar-refractivity contribution is -0.143. The number of amides is 2. The van der Waals surface area contributed by atoms with E-state index < -0.39 is 17.9 Å². The normalized spacial score (nSPS) is 22.7. The van der Waals surface area contributed by atoms with Crippen molar-refractivity contribution in [3.05, 3.63) is 65.5 Å². The lowest BCUT2D eigenvalue weighted by atomic mass is 9.68. The molecule has 0 saturated heterocycles. The van der Waals surface area contributed by atoms with Crippen LogP contribution in [0.25, 0.3) is 0 Å². The molecule has 3 aliphatic rings. The van der Waals surface area contributed by atoms with Gasteiger partial charge < -0.3 is 14.7 Å². The Morgan fingerprint density at radius 3 is 2.44 bits per heavy atom. The molecule has 2 aromatic rings. The Kier molecular flexibility index (Phi) is 5.98. The number of carbonyl (C=O) groups is 3. The maximum atomic E-state index is 14.4. The van der Waals surface area contributed by atoms with E-state index in [2.05, 4.69) is 0 Å². The van der Waals surface area contributed by atoms with Crippen LogP contribution in [0.2, 0.25) is 0 Å². The number of benzene rings is 2. The standard InChI is InChI=1S/C26H27FN2O5/c27-17-6-9-20-22(14-17)29(26(33)34-15-16-4-2-1-3-5-16)21-11-10-19(21)25(20)28(18-7-8-18)23(30)12-13-24(31)32/h1-6,9,14,18-19,21,25H,7-8,10-13,15H2,(H,31,32)/t19-,21+,25+/m0/s1. The van der Waals surface area contributed by atoms with Crippen molar-refractivity contribution >= 4 is 23.7 Å². The highest BCUT2D eigenvalue weighted by atomic mass is 19.1. The number of hydrogen-bond donors (Lipinski definition) is 1. The number of carboxylic acids is 1. The van der Waals surface area contributed by atoms with Gasteiger partial charge in [0.2, 0.25) is 5.91 Å². The van der Waals surface area contributed by atoms with Crippen molar-refractivity contribution in [2.24, 2.45) is 5.92 Å². The molecular formula is C26H27FN2O5. The summed E-state index contributed by atoms with van der Waals surface area (Å²) in [5, 5.41) is 9.06. The van der Waals surface area contributed by atoms with Crippen molar-refractivity contribution in [3.63, 3.8) is 0 Å². The molecule has 0 aromatic heterocycles. The van der Waals surface area contributed by atoms with E-state index in [1.807, 2.05) is 35.2 Å². The number of rotatable bonds is 7. The van der Waals surface area contributed by atoms with E-state index in [0.717, 1.165) is 36.8 Å². The number of nitrogens with zero attached hydrogens (tertiary/aromatic N) is 2. The molecule has 2 fully saturated rings. The molecule has 2 aromatic carbocycles. The van der Waals surface area contributed by atoms with Gasteiger partial charge in [-0.2, -0.15) is 0 Å². The van der Waals surface area contributed by atoms with E-state index in [1.54, 1.807) is 11.0 Å².